The molecule has 0 aromatic rings. The predicted molar refractivity (Wildman–Crippen MR) is 51.2 cm³/mol. The predicted octanol–water partition coefficient (Wildman–Crippen LogP) is 1.31. The topological polar surface area (TPSA) is 32.4 Å². The van der Waals surface area contributed by atoms with E-state index in [1.54, 1.807) is 0 Å². The fraction of sp³-hybridized carbons (Fsp3) is 1.00. The lowest BCUT2D eigenvalue weighted by atomic mass is 10.2. The second-order valence-corrected chi connectivity index (χ2v) is 3.93. The number of nitrogens with zero attached hydrogens (tertiary/aromatic N) is 1. The van der Waals surface area contributed by atoms with Gasteiger partial charge in [-0.25, -0.2) is 5.11 Å². The van der Waals surface area contributed by atoms with E-state index in [1.165, 1.54) is 0 Å². The molecule has 0 N–H and O–H groups in total. The first-order chi connectivity index (χ1) is 6.22. The molecule has 3 nitrogen and oxygen atoms in total. The van der Waals surface area contributed by atoms with Crippen LogP contribution in [0.15, 0.2) is 0 Å². The maximum absolute atomic E-state index is 10.3. The highest BCUT2D eigenvalue weighted by atomic mass is 16.5. The molecular weight excluding hydrogens is 166 g/mol. The Kier molecular flexibility index (Phi) is 4.70. The summed E-state index contributed by atoms with van der Waals surface area (Å²) in [7, 11) is 0. The Hall–Kier alpha value is -0.120. The molecule has 0 aromatic heterocycles. The minimum absolute atomic E-state index is 0.0649. The third-order valence-corrected chi connectivity index (χ3v) is 2.36. The first-order valence-corrected chi connectivity index (χ1v) is 5.18. The molecule has 0 spiro atoms. The second-order valence-electron chi connectivity index (χ2n) is 3.93. The summed E-state index contributed by atoms with van der Waals surface area (Å²) in [4.78, 5) is 2.40. The van der Waals surface area contributed by atoms with Crippen LogP contribution in [0, 0.1) is 0 Å². The van der Waals surface area contributed by atoms with Gasteiger partial charge in [-0.15, -0.1) is 0 Å². The lowest BCUT2D eigenvalue weighted by molar-refractivity contribution is -0.0683. The van der Waals surface area contributed by atoms with Gasteiger partial charge in [-0.2, -0.15) is 0 Å². The fourth-order valence-electron chi connectivity index (χ4n) is 1.90. The number of rotatable bonds is 4. The lowest BCUT2D eigenvalue weighted by Crippen LogP contribution is -2.45. The van der Waals surface area contributed by atoms with Crippen molar-refractivity contribution < 1.29 is 9.84 Å². The molecular formula is C10H20NO2. The summed E-state index contributed by atoms with van der Waals surface area (Å²) >= 11 is 0. The van der Waals surface area contributed by atoms with Crippen molar-refractivity contribution in [1.82, 2.24) is 4.90 Å². The first-order valence-electron chi connectivity index (χ1n) is 5.18. The van der Waals surface area contributed by atoms with Crippen molar-refractivity contribution in [2.45, 2.75) is 38.9 Å². The number of morpholine rings is 1. The second kappa shape index (κ2) is 5.58. The first kappa shape index (κ1) is 11.0. The van der Waals surface area contributed by atoms with Gasteiger partial charge in [0, 0.05) is 13.1 Å². The smallest absolute Gasteiger partial charge is 0.0822 e. The van der Waals surface area contributed by atoms with Crippen LogP contribution in [0.1, 0.15) is 26.7 Å². The van der Waals surface area contributed by atoms with Gasteiger partial charge in [0.25, 0.3) is 0 Å². The summed E-state index contributed by atoms with van der Waals surface area (Å²) in [5, 5.41) is 10.3. The highest BCUT2D eigenvalue weighted by Crippen LogP contribution is 2.10. The van der Waals surface area contributed by atoms with Crippen LogP contribution in [0.3, 0.4) is 0 Å². The van der Waals surface area contributed by atoms with Gasteiger partial charge in [0.1, 0.15) is 0 Å². The van der Waals surface area contributed by atoms with Crippen LogP contribution in [0.4, 0.5) is 0 Å². The average molecular weight is 186 g/mol. The average Bonchev–Trinajstić information content (AvgIpc) is 2.03. The third-order valence-electron chi connectivity index (χ3n) is 2.36. The van der Waals surface area contributed by atoms with Crippen LogP contribution in [0.5, 0.6) is 0 Å². The highest BCUT2D eigenvalue weighted by molar-refractivity contribution is 4.72. The molecule has 0 saturated carbocycles. The Morgan fingerprint density at radius 2 is 1.85 bits per heavy atom. The molecule has 1 fully saturated rings. The molecule has 13 heavy (non-hydrogen) atoms. The quantitative estimate of drug-likeness (QED) is 0.620. The molecule has 2 atom stereocenters. The molecule has 2 unspecified atom stereocenters. The van der Waals surface area contributed by atoms with Crippen molar-refractivity contribution in [2.75, 3.05) is 26.2 Å². The van der Waals surface area contributed by atoms with Gasteiger partial charge in [0.05, 0.1) is 18.8 Å². The molecule has 1 aliphatic rings. The largest absolute Gasteiger partial charge is 0.373 e. The van der Waals surface area contributed by atoms with Crippen LogP contribution in [0.2, 0.25) is 0 Å². The molecule has 1 saturated heterocycles. The van der Waals surface area contributed by atoms with Crippen molar-refractivity contribution in [2.24, 2.45) is 0 Å². The highest BCUT2D eigenvalue weighted by Gasteiger charge is 2.21. The van der Waals surface area contributed by atoms with E-state index in [2.05, 4.69) is 18.7 Å². The summed E-state index contributed by atoms with van der Waals surface area (Å²) in [5.41, 5.74) is 0. The van der Waals surface area contributed by atoms with Gasteiger partial charge in [-0.05, 0) is 33.2 Å². The van der Waals surface area contributed by atoms with E-state index < -0.39 is 0 Å². The summed E-state index contributed by atoms with van der Waals surface area (Å²) in [6, 6.07) is 0. The van der Waals surface area contributed by atoms with E-state index in [4.69, 9.17) is 4.74 Å². The standard InChI is InChI=1S/C10H20NO2/c1-9-7-11(5-3-4-6-12)8-10(2)13-9/h9-10H,3-8H2,1-2H3. The SMILES string of the molecule is CC1CN(CCCC[O])CC(C)O1. The Labute approximate surface area is 80.7 Å². The minimum atomic E-state index is 0.0649. The number of hydrogen-bond donors (Lipinski definition) is 0. The zero-order valence-corrected chi connectivity index (χ0v) is 8.66. The number of ether oxygens (including phenoxy) is 1. The Bertz CT molecular complexity index is 131. The van der Waals surface area contributed by atoms with Crippen LogP contribution in [-0.2, 0) is 9.84 Å². The molecule has 3 heteroatoms. The maximum Gasteiger partial charge on any atom is 0.0822 e. The van der Waals surface area contributed by atoms with E-state index >= 15 is 0 Å². The molecule has 1 aliphatic heterocycles. The van der Waals surface area contributed by atoms with Gasteiger partial charge in [0.2, 0.25) is 0 Å². The molecule has 1 heterocycles. The monoisotopic (exact) mass is 186 g/mol. The molecule has 1 rings (SSSR count). The third kappa shape index (κ3) is 4.07. The number of unbranched alkanes of at least 4 members (excludes halogenated alkanes) is 1. The van der Waals surface area contributed by atoms with Gasteiger partial charge in [-0.3, -0.25) is 4.90 Å². The van der Waals surface area contributed by atoms with E-state index in [9.17, 15) is 5.11 Å². The minimum Gasteiger partial charge on any atom is -0.373 e. The zero-order chi connectivity index (χ0) is 9.68. The van der Waals surface area contributed by atoms with E-state index in [0.29, 0.717) is 12.2 Å². The van der Waals surface area contributed by atoms with Gasteiger partial charge in [-0.1, -0.05) is 0 Å². The summed E-state index contributed by atoms with van der Waals surface area (Å²) < 4.78 is 5.62. The van der Waals surface area contributed by atoms with Crippen LogP contribution < -0.4 is 0 Å². The van der Waals surface area contributed by atoms with Crippen LogP contribution >= 0.6 is 0 Å². The molecule has 77 valence electrons. The number of hydrogen-bond acceptors (Lipinski definition) is 2. The van der Waals surface area contributed by atoms with Crippen molar-refractivity contribution >= 4 is 0 Å². The van der Waals surface area contributed by atoms with Crippen LogP contribution in [0.25, 0.3) is 0 Å². The van der Waals surface area contributed by atoms with Crippen molar-refractivity contribution in [3.8, 4) is 0 Å². The molecule has 1 radical (unpaired) electrons. The normalized spacial score (nSPS) is 30.7. The van der Waals surface area contributed by atoms with Crippen molar-refractivity contribution in [3.05, 3.63) is 0 Å². The fourth-order valence-corrected chi connectivity index (χ4v) is 1.90. The summed E-state index contributed by atoms with van der Waals surface area (Å²) in [6.45, 7) is 7.37. The Morgan fingerprint density at radius 3 is 2.38 bits per heavy atom. The summed E-state index contributed by atoms with van der Waals surface area (Å²) in [5.74, 6) is 0. The molecule has 0 amide bonds. The van der Waals surface area contributed by atoms with E-state index in [0.717, 1.165) is 32.5 Å². The molecule has 0 aliphatic carbocycles. The van der Waals surface area contributed by atoms with Crippen molar-refractivity contribution in [3.63, 3.8) is 0 Å². The van der Waals surface area contributed by atoms with Gasteiger partial charge in [0.15, 0.2) is 0 Å². The Balaban J connectivity index is 2.17. The van der Waals surface area contributed by atoms with Gasteiger partial charge >= 0.3 is 0 Å². The van der Waals surface area contributed by atoms with Crippen molar-refractivity contribution in [1.29, 1.82) is 0 Å². The maximum atomic E-state index is 10.3. The zero-order valence-electron chi connectivity index (χ0n) is 8.66. The molecule has 0 bridgehead atoms. The lowest BCUT2D eigenvalue weighted by Gasteiger charge is -2.35. The van der Waals surface area contributed by atoms with E-state index in [1.807, 2.05) is 0 Å². The van der Waals surface area contributed by atoms with Crippen LogP contribution in [-0.4, -0.2) is 43.3 Å². The Morgan fingerprint density at radius 1 is 1.23 bits per heavy atom. The van der Waals surface area contributed by atoms with Gasteiger partial charge < -0.3 is 4.74 Å². The van der Waals surface area contributed by atoms with E-state index in [-0.39, 0.29) is 6.61 Å². The summed E-state index contributed by atoms with van der Waals surface area (Å²) in [6.07, 6.45) is 2.52. The molecule has 0 aromatic carbocycles.